The topological polar surface area (TPSA) is 77.1 Å². The molecule has 14 heavy (non-hydrogen) atoms. The highest BCUT2D eigenvalue weighted by molar-refractivity contribution is 5.18. The van der Waals surface area contributed by atoms with Crippen LogP contribution in [0.1, 0.15) is 11.7 Å². The Hall–Kier alpha value is -1.58. The monoisotopic (exact) mass is 200 g/mol. The van der Waals surface area contributed by atoms with Crippen molar-refractivity contribution in [3.8, 4) is 6.07 Å². The first-order valence-electron chi connectivity index (χ1n) is 3.63. The zero-order valence-electron chi connectivity index (χ0n) is 6.85. The molecule has 0 amide bonds. The van der Waals surface area contributed by atoms with E-state index in [0.29, 0.717) is 0 Å². The molecule has 1 rings (SSSR count). The molecule has 0 aliphatic heterocycles. The summed E-state index contributed by atoms with van der Waals surface area (Å²) >= 11 is 0. The maximum Gasteiger partial charge on any atom is 0.215 e. The third kappa shape index (κ3) is 2.22. The Balaban J connectivity index is 3.02. The van der Waals surface area contributed by atoms with Crippen molar-refractivity contribution < 1.29 is 19.0 Å². The summed E-state index contributed by atoms with van der Waals surface area (Å²) in [6.07, 6.45) is -3.37. The molecule has 1 aromatic rings. The van der Waals surface area contributed by atoms with Gasteiger partial charge in [0.05, 0.1) is 6.07 Å². The number of aliphatic hydroxyl groups is 2. The summed E-state index contributed by atoms with van der Waals surface area (Å²) in [4.78, 5) is 2.79. The Kier molecular flexibility index (Phi) is 3.06. The summed E-state index contributed by atoms with van der Waals surface area (Å²) in [5.74, 6) is -2.24. The molecule has 0 saturated heterocycles. The molecule has 74 valence electrons. The summed E-state index contributed by atoms with van der Waals surface area (Å²) in [6, 6.07) is 2.83. The highest BCUT2D eigenvalue weighted by Crippen LogP contribution is 2.17. The minimum Gasteiger partial charge on any atom is -0.385 e. The third-order valence-electron chi connectivity index (χ3n) is 1.56. The van der Waals surface area contributed by atoms with Gasteiger partial charge >= 0.3 is 0 Å². The smallest absolute Gasteiger partial charge is 0.215 e. The number of pyridine rings is 1. The molecule has 0 aliphatic rings. The van der Waals surface area contributed by atoms with E-state index in [-0.39, 0.29) is 5.56 Å². The molecule has 0 fully saturated rings. The molecule has 2 N–H and O–H groups in total. The first-order valence-corrected chi connectivity index (χ1v) is 3.63. The Morgan fingerprint density at radius 2 is 1.79 bits per heavy atom. The molecular weight excluding hydrogens is 194 g/mol. The van der Waals surface area contributed by atoms with Crippen molar-refractivity contribution in [3.63, 3.8) is 0 Å². The lowest BCUT2D eigenvalue weighted by Gasteiger charge is -2.11. The first-order chi connectivity index (χ1) is 6.54. The second-order valence-electron chi connectivity index (χ2n) is 2.56. The van der Waals surface area contributed by atoms with Gasteiger partial charge in [0.2, 0.25) is 11.9 Å². The maximum absolute atomic E-state index is 12.5. The van der Waals surface area contributed by atoms with Gasteiger partial charge in [0.25, 0.3) is 0 Å². The summed E-state index contributed by atoms with van der Waals surface area (Å²) < 4.78 is 25.1. The fourth-order valence-corrected chi connectivity index (χ4v) is 0.907. The lowest BCUT2D eigenvalue weighted by atomic mass is 10.1. The van der Waals surface area contributed by atoms with Crippen LogP contribution in [0, 0.1) is 23.2 Å². The average Bonchev–Trinajstić information content (AvgIpc) is 2.14. The highest BCUT2D eigenvalue weighted by Gasteiger charge is 2.19. The normalized spacial score (nSPS) is 14.5. The van der Waals surface area contributed by atoms with Crippen LogP contribution in [-0.2, 0) is 0 Å². The van der Waals surface area contributed by atoms with Crippen molar-refractivity contribution in [1.82, 2.24) is 4.98 Å². The molecule has 0 aromatic carbocycles. The van der Waals surface area contributed by atoms with Gasteiger partial charge < -0.3 is 10.2 Å². The van der Waals surface area contributed by atoms with E-state index in [1.165, 1.54) is 6.07 Å². The van der Waals surface area contributed by atoms with Gasteiger partial charge in [0.1, 0.15) is 6.10 Å². The van der Waals surface area contributed by atoms with Crippen molar-refractivity contribution in [3.05, 3.63) is 29.6 Å². The van der Waals surface area contributed by atoms with Gasteiger partial charge in [0.15, 0.2) is 6.10 Å². The minimum absolute atomic E-state index is 0.232. The zero-order chi connectivity index (χ0) is 10.7. The van der Waals surface area contributed by atoms with E-state index < -0.39 is 24.1 Å². The molecule has 0 bridgehead atoms. The van der Waals surface area contributed by atoms with Gasteiger partial charge in [-0.3, -0.25) is 0 Å². The molecule has 4 nitrogen and oxygen atoms in total. The van der Waals surface area contributed by atoms with Gasteiger partial charge in [-0.2, -0.15) is 19.0 Å². The van der Waals surface area contributed by atoms with Crippen LogP contribution in [0.4, 0.5) is 8.78 Å². The van der Waals surface area contributed by atoms with Crippen LogP contribution in [0.15, 0.2) is 12.1 Å². The van der Waals surface area contributed by atoms with Gasteiger partial charge in [-0.05, 0) is 17.7 Å². The number of hydrogen-bond acceptors (Lipinski definition) is 4. The molecule has 1 aromatic heterocycles. The quantitative estimate of drug-likeness (QED) is 0.531. The molecule has 0 aliphatic carbocycles. The average molecular weight is 200 g/mol. The van der Waals surface area contributed by atoms with Crippen molar-refractivity contribution in [1.29, 1.82) is 5.26 Å². The van der Waals surface area contributed by atoms with Crippen LogP contribution < -0.4 is 0 Å². The van der Waals surface area contributed by atoms with Gasteiger partial charge in [-0.25, -0.2) is 0 Å². The van der Waals surface area contributed by atoms with Crippen LogP contribution in [0.3, 0.4) is 0 Å². The van der Waals surface area contributed by atoms with Gasteiger partial charge in [0, 0.05) is 0 Å². The van der Waals surface area contributed by atoms with E-state index in [0.717, 1.165) is 12.1 Å². The van der Waals surface area contributed by atoms with E-state index >= 15 is 0 Å². The Bertz CT molecular complexity index is 358. The van der Waals surface area contributed by atoms with Crippen LogP contribution in [0.5, 0.6) is 0 Å². The van der Waals surface area contributed by atoms with Gasteiger partial charge in [-0.1, -0.05) is 0 Å². The summed E-state index contributed by atoms with van der Waals surface area (Å²) in [6.45, 7) is 0. The van der Waals surface area contributed by atoms with Crippen LogP contribution >= 0.6 is 0 Å². The predicted octanol–water partition coefficient (Wildman–Crippen LogP) is 0.278. The van der Waals surface area contributed by atoms with Gasteiger partial charge in [-0.15, -0.1) is 0 Å². The number of aromatic nitrogens is 1. The van der Waals surface area contributed by atoms with Crippen molar-refractivity contribution >= 4 is 0 Å². The van der Waals surface area contributed by atoms with Crippen LogP contribution in [-0.4, -0.2) is 21.3 Å². The zero-order valence-corrected chi connectivity index (χ0v) is 6.85. The predicted molar refractivity (Wildman–Crippen MR) is 40.7 cm³/mol. The van der Waals surface area contributed by atoms with Crippen molar-refractivity contribution in [2.75, 3.05) is 0 Å². The highest BCUT2D eigenvalue weighted by atomic mass is 19.1. The molecule has 1 heterocycles. The maximum atomic E-state index is 12.5. The molecule has 0 spiro atoms. The molecular formula is C8H6F2N2O2. The molecule has 0 saturated carbocycles. The van der Waals surface area contributed by atoms with E-state index in [1.54, 1.807) is 0 Å². The van der Waals surface area contributed by atoms with E-state index in [1.807, 2.05) is 0 Å². The van der Waals surface area contributed by atoms with E-state index in [9.17, 15) is 13.9 Å². The Labute approximate surface area is 78.1 Å². The lowest BCUT2D eigenvalue weighted by Crippen LogP contribution is -2.16. The Morgan fingerprint density at radius 1 is 1.29 bits per heavy atom. The molecule has 2 atom stereocenters. The number of rotatable bonds is 2. The fraction of sp³-hybridized carbons (Fsp3) is 0.250. The third-order valence-corrected chi connectivity index (χ3v) is 1.56. The molecule has 6 heteroatoms. The lowest BCUT2D eigenvalue weighted by molar-refractivity contribution is 0.0522. The number of nitrogens with zero attached hydrogens (tertiary/aromatic N) is 2. The van der Waals surface area contributed by atoms with E-state index in [2.05, 4.69) is 4.98 Å². The second-order valence-corrected chi connectivity index (χ2v) is 2.56. The van der Waals surface area contributed by atoms with Crippen LogP contribution in [0.25, 0.3) is 0 Å². The number of nitriles is 1. The molecule has 0 radical (unpaired) electrons. The number of aliphatic hydroxyl groups excluding tert-OH is 2. The standard InChI is InChI=1S/C8H6F2N2O2/c9-6-1-4(2-7(10)12-6)8(14)5(13)3-11/h1-2,5,8,13-14H. The van der Waals surface area contributed by atoms with E-state index in [4.69, 9.17) is 10.4 Å². The first kappa shape index (κ1) is 10.5. The SMILES string of the molecule is N#CC(O)C(O)c1cc(F)nc(F)c1. The number of halogens is 2. The van der Waals surface area contributed by atoms with Crippen LogP contribution in [0.2, 0.25) is 0 Å². The summed E-state index contributed by atoms with van der Waals surface area (Å²) in [5, 5.41) is 26.3. The summed E-state index contributed by atoms with van der Waals surface area (Å²) in [5.41, 5.74) is -0.232. The second kappa shape index (κ2) is 4.09. The van der Waals surface area contributed by atoms with Crippen molar-refractivity contribution in [2.45, 2.75) is 12.2 Å². The van der Waals surface area contributed by atoms with Crippen molar-refractivity contribution in [2.24, 2.45) is 0 Å². The molecule has 2 unspecified atom stereocenters. The Morgan fingerprint density at radius 3 is 2.21 bits per heavy atom. The fourth-order valence-electron chi connectivity index (χ4n) is 0.907. The number of hydrogen-bond donors (Lipinski definition) is 2. The minimum atomic E-state index is -1.73. The summed E-state index contributed by atoms with van der Waals surface area (Å²) in [7, 11) is 0. The largest absolute Gasteiger partial charge is 0.385 e.